The van der Waals surface area contributed by atoms with Crippen molar-refractivity contribution in [3.63, 3.8) is 0 Å². The average molecular weight is 368 g/mol. The van der Waals surface area contributed by atoms with Gasteiger partial charge < -0.3 is 9.90 Å². The lowest BCUT2D eigenvalue weighted by Gasteiger charge is -2.27. The zero-order valence-electron chi connectivity index (χ0n) is 17.4. The Morgan fingerprint density at radius 3 is 1.73 bits per heavy atom. The number of allylic oxidation sites excluding steroid dienone is 2. The number of amides is 1. The van der Waals surface area contributed by atoms with Crippen LogP contribution in [0, 0.1) is 0 Å². The largest absolute Gasteiger partial charge is 0.544 e. The standard InChI is InChI=1S/C22H41NO3/c1-4-5-6-7-8-9-10-11-12-13-14-15-16-17-18-19-21(24)23(2,3)20-22(25)26/h11-12H,4-10,13-20H2,1-3H3. The first-order valence-electron chi connectivity index (χ1n) is 10.6. The van der Waals surface area contributed by atoms with Gasteiger partial charge in [0.1, 0.15) is 6.54 Å². The summed E-state index contributed by atoms with van der Waals surface area (Å²) in [5.74, 6) is -1.19. The molecule has 0 aromatic carbocycles. The minimum atomic E-state index is -1.17. The van der Waals surface area contributed by atoms with E-state index >= 15 is 0 Å². The van der Waals surface area contributed by atoms with Gasteiger partial charge in [0, 0.05) is 0 Å². The van der Waals surface area contributed by atoms with E-state index in [-0.39, 0.29) is 16.9 Å². The molecule has 0 radical (unpaired) electrons. The summed E-state index contributed by atoms with van der Waals surface area (Å²) in [6.45, 7) is 2.01. The maximum atomic E-state index is 12.0. The molecule has 0 N–H and O–H groups in total. The SMILES string of the molecule is CCCCCCCCC=CCCCCCCCC(=O)[N+](C)(C)CC(=O)[O-]. The number of unbranched alkanes of at least 4 members (excludes halogenated alkanes) is 11. The van der Waals surface area contributed by atoms with E-state index in [0.29, 0.717) is 6.42 Å². The third-order valence-corrected chi connectivity index (χ3v) is 4.85. The van der Waals surface area contributed by atoms with Crippen LogP contribution >= 0.6 is 0 Å². The second-order valence-corrected chi connectivity index (χ2v) is 7.94. The van der Waals surface area contributed by atoms with E-state index in [1.807, 2.05) is 0 Å². The quantitative estimate of drug-likeness (QED) is 0.218. The number of nitrogens with zero attached hydrogens (tertiary/aromatic N) is 1. The number of quaternary nitrogens is 1. The number of hydrogen-bond acceptors (Lipinski definition) is 3. The lowest BCUT2D eigenvalue weighted by atomic mass is 10.1. The Morgan fingerprint density at radius 2 is 1.23 bits per heavy atom. The monoisotopic (exact) mass is 367 g/mol. The first-order chi connectivity index (χ1) is 12.4. The molecule has 0 spiro atoms. The summed E-state index contributed by atoms with van der Waals surface area (Å²) in [6, 6.07) is 0. The number of aliphatic carboxylic acids is 1. The third kappa shape index (κ3) is 15.1. The van der Waals surface area contributed by atoms with Crippen molar-refractivity contribution in [2.45, 2.75) is 96.8 Å². The molecule has 152 valence electrons. The van der Waals surface area contributed by atoms with Gasteiger partial charge in [0.15, 0.2) is 0 Å². The van der Waals surface area contributed by atoms with E-state index in [2.05, 4.69) is 19.1 Å². The minimum absolute atomic E-state index is 0.0215. The van der Waals surface area contributed by atoms with Crippen LogP contribution in [0.5, 0.6) is 0 Å². The van der Waals surface area contributed by atoms with Crippen LogP contribution in [0.2, 0.25) is 0 Å². The van der Waals surface area contributed by atoms with Crippen molar-refractivity contribution in [2.24, 2.45) is 0 Å². The molecule has 0 heterocycles. The zero-order chi connectivity index (χ0) is 19.7. The molecule has 0 aromatic heterocycles. The number of hydrogen-bond donors (Lipinski definition) is 0. The highest BCUT2D eigenvalue weighted by molar-refractivity contribution is 5.73. The highest BCUT2D eigenvalue weighted by atomic mass is 16.4. The Morgan fingerprint density at radius 1 is 0.769 bits per heavy atom. The number of carbonyl (C=O) groups is 2. The summed E-state index contributed by atoms with van der Waals surface area (Å²) in [4.78, 5) is 22.7. The van der Waals surface area contributed by atoms with Crippen molar-refractivity contribution in [3.8, 4) is 0 Å². The number of likely N-dealkylation sites (N-methyl/N-ethyl adjacent to an activating group) is 1. The summed E-state index contributed by atoms with van der Waals surface area (Å²) in [7, 11) is 3.27. The number of rotatable bonds is 17. The van der Waals surface area contributed by atoms with Crippen LogP contribution in [0.3, 0.4) is 0 Å². The van der Waals surface area contributed by atoms with E-state index in [0.717, 1.165) is 25.7 Å². The lowest BCUT2D eigenvalue weighted by molar-refractivity contribution is -0.808. The van der Waals surface area contributed by atoms with Gasteiger partial charge in [-0.3, -0.25) is 4.48 Å². The van der Waals surface area contributed by atoms with Gasteiger partial charge in [-0.05, 0) is 32.1 Å². The normalized spacial score (nSPS) is 12.0. The molecule has 0 unspecified atom stereocenters. The van der Waals surface area contributed by atoms with Gasteiger partial charge in [-0.15, -0.1) is 0 Å². The molecule has 0 rings (SSSR count). The van der Waals surface area contributed by atoms with Crippen LogP contribution < -0.4 is 5.11 Å². The van der Waals surface area contributed by atoms with Crippen molar-refractivity contribution in [1.82, 2.24) is 0 Å². The van der Waals surface area contributed by atoms with Crippen LogP contribution in [-0.4, -0.2) is 37.0 Å². The molecule has 1 amide bonds. The maximum Gasteiger partial charge on any atom is 0.313 e. The highest BCUT2D eigenvalue weighted by Gasteiger charge is 2.25. The summed E-state index contributed by atoms with van der Waals surface area (Å²) < 4.78 is -0.119. The summed E-state index contributed by atoms with van der Waals surface area (Å²) >= 11 is 0. The lowest BCUT2D eigenvalue weighted by Crippen LogP contribution is -2.52. The number of carbonyl (C=O) groups excluding carboxylic acids is 2. The average Bonchev–Trinajstić information content (AvgIpc) is 2.57. The molecule has 4 heteroatoms. The first-order valence-corrected chi connectivity index (χ1v) is 10.6. The van der Waals surface area contributed by atoms with E-state index in [4.69, 9.17) is 0 Å². The van der Waals surface area contributed by atoms with Gasteiger partial charge >= 0.3 is 5.91 Å². The molecule has 0 atom stereocenters. The van der Waals surface area contributed by atoms with Gasteiger partial charge in [-0.1, -0.05) is 70.4 Å². The Bertz CT molecular complexity index is 402. The molecule has 0 saturated carbocycles. The van der Waals surface area contributed by atoms with Crippen LogP contribution in [0.4, 0.5) is 0 Å². The molecule has 0 saturated heterocycles. The molecule has 4 nitrogen and oxygen atoms in total. The number of carboxylic acids is 1. The molecule has 0 fully saturated rings. The van der Waals surface area contributed by atoms with Crippen molar-refractivity contribution in [2.75, 3.05) is 20.6 Å². The van der Waals surface area contributed by atoms with Crippen LogP contribution in [0.25, 0.3) is 0 Å². The molecule has 0 aliphatic rings. The number of carboxylic acid groups (broad SMARTS) is 1. The summed E-state index contributed by atoms with van der Waals surface area (Å²) in [6.07, 6.45) is 21.1. The van der Waals surface area contributed by atoms with Crippen LogP contribution in [0.15, 0.2) is 12.2 Å². The van der Waals surface area contributed by atoms with E-state index in [9.17, 15) is 14.7 Å². The molecular formula is C22H41NO3. The zero-order valence-corrected chi connectivity index (χ0v) is 17.4. The Labute approximate surface area is 161 Å². The van der Waals surface area contributed by atoms with E-state index in [1.54, 1.807) is 14.1 Å². The van der Waals surface area contributed by atoms with Crippen molar-refractivity contribution in [1.29, 1.82) is 0 Å². The summed E-state index contributed by atoms with van der Waals surface area (Å²) in [5, 5.41) is 10.6. The Balaban J connectivity index is 3.44. The molecule has 0 bridgehead atoms. The molecule has 0 aromatic rings. The van der Waals surface area contributed by atoms with Gasteiger partial charge in [0.2, 0.25) is 0 Å². The molecule has 0 aliphatic heterocycles. The molecular weight excluding hydrogens is 326 g/mol. The van der Waals surface area contributed by atoms with Gasteiger partial charge in [-0.25, -0.2) is 4.79 Å². The molecule has 0 aliphatic carbocycles. The Kier molecular flexibility index (Phi) is 15.3. The van der Waals surface area contributed by atoms with Crippen molar-refractivity contribution >= 4 is 11.9 Å². The fourth-order valence-corrected chi connectivity index (χ4v) is 3.06. The maximum absolute atomic E-state index is 12.0. The predicted octanol–water partition coefficient (Wildman–Crippen LogP) is 4.38. The van der Waals surface area contributed by atoms with Gasteiger partial charge in [0.05, 0.1) is 26.5 Å². The van der Waals surface area contributed by atoms with E-state index in [1.165, 1.54) is 57.8 Å². The first kappa shape index (κ1) is 24.8. The predicted molar refractivity (Wildman–Crippen MR) is 106 cm³/mol. The fourth-order valence-electron chi connectivity index (χ4n) is 3.06. The molecule has 26 heavy (non-hydrogen) atoms. The Hall–Kier alpha value is -1.16. The van der Waals surface area contributed by atoms with Crippen molar-refractivity contribution in [3.05, 3.63) is 12.2 Å². The van der Waals surface area contributed by atoms with Crippen molar-refractivity contribution < 1.29 is 19.2 Å². The van der Waals surface area contributed by atoms with Gasteiger partial charge in [0.25, 0.3) is 0 Å². The fraction of sp³-hybridized carbons (Fsp3) is 0.818. The second-order valence-electron chi connectivity index (χ2n) is 7.94. The smallest absolute Gasteiger partial charge is 0.313 e. The third-order valence-electron chi connectivity index (χ3n) is 4.85. The minimum Gasteiger partial charge on any atom is -0.544 e. The topological polar surface area (TPSA) is 57.2 Å². The second kappa shape index (κ2) is 16.0. The highest BCUT2D eigenvalue weighted by Crippen LogP contribution is 2.11. The van der Waals surface area contributed by atoms with Crippen LogP contribution in [0.1, 0.15) is 96.8 Å². The summed E-state index contributed by atoms with van der Waals surface area (Å²) in [5.41, 5.74) is 0. The van der Waals surface area contributed by atoms with Crippen LogP contribution in [-0.2, 0) is 9.59 Å². The van der Waals surface area contributed by atoms with Gasteiger partial charge in [-0.2, -0.15) is 0 Å². The van der Waals surface area contributed by atoms with E-state index < -0.39 is 5.97 Å².